The van der Waals surface area contributed by atoms with Crippen LogP contribution in [0.15, 0.2) is 30.5 Å². The highest BCUT2D eigenvalue weighted by Crippen LogP contribution is 2.23. The second-order valence-electron chi connectivity index (χ2n) is 3.53. The molecule has 16 heavy (non-hydrogen) atoms. The SMILES string of the molecule is CCNCc1cn[nH]c1-c1ccccc1F. The first-order valence-corrected chi connectivity index (χ1v) is 5.30. The highest BCUT2D eigenvalue weighted by molar-refractivity contribution is 5.63. The van der Waals surface area contributed by atoms with E-state index in [0.29, 0.717) is 12.1 Å². The maximum Gasteiger partial charge on any atom is 0.132 e. The zero-order valence-corrected chi connectivity index (χ0v) is 9.13. The van der Waals surface area contributed by atoms with Gasteiger partial charge in [0.1, 0.15) is 5.82 Å². The minimum atomic E-state index is -0.232. The number of rotatable bonds is 4. The molecular formula is C12H14FN3. The van der Waals surface area contributed by atoms with Gasteiger partial charge >= 0.3 is 0 Å². The third-order valence-corrected chi connectivity index (χ3v) is 2.43. The Labute approximate surface area is 93.7 Å². The average molecular weight is 219 g/mol. The Kier molecular flexibility index (Phi) is 3.31. The van der Waals surface area contributed by atoms with E-state index in [0.717, 1.165) is 17.8 Å². The number of benzene rings is 1. The number of hydrogen-bond acceptors (Lipinski definition) is 2. The normalized spacial score (nSPS) is 10.6. The topological polar surface area (TPSA) is 40.7 Å². The lowest BCUT2D eigenvalue weighted by Crippen LogP contribution is -2.11. The van der Waals surface area contributed by atoms with E-state index in [1.807, 2.05) is 13.0 Å². The molecule has 0 unspecified atom stereocenters. The van der Waals surface area contributed by atoms with Gasteiger partial charge < -0.3 is 5.32 Å². The summed E-state index contributed by atoms with van der Waals surface area (Å²) < 4.78 is 13.6. The van der Waals surface area contributed by atoms with Crippen LogP contribution in [0.2, 0.25) is 0 Å². The molecule has 0 atom stereocenters. The number of nitrogens with one attached hydrogen (secondary N) is 2. The Bertz CT molecular complexity index is 465. The molecule has 0 bridgehead atoms. The second kappa shape index (κ2) is 4.90. The molecular weight excluding hydrogens is 205 g/mol. The van der Waals surface area contributed by atoms with E-state index >= 15 is 0 Å². The maximum atomic E-state index is 13.6. The lowest BCUT2D eigenvalue weighted by atomic mass is 10.1. The molecule has 1 aromatic heterocycles. The third kappa shape index (κ3) is 2.12. The highest BCUT2D eigenvalue weighted by Gasteiger charge is 2.10. The first-order chi connectivity index (χ1) is 7.83. The van der Waals surface area contributed by atoms with Crippen molar-refractivity contribution < 1.29 is 4.39 Å². The summed E-state index contributed by atoms with van der Waals surface area (Å²) >= 11 is 0. The van der Waals surface area contributed by atoms with Gasteiger partial charge in [-0.25, -0.2) is 4.39 Å². The van der Waals surface area contributed by atoms with Crippen molar-refractivity contribution in [2.75, 3.05) is 6.54 Å². The van der Waals surface area contributed by atoms with Crippen molar-refractivity contribution in [1.82, 2.24) is 15.5 Å². The van der Waals surface area contributed by atoms with Crippen LogP contribution in [-0.2, 0) is 6.54 Å². The lowest BCUT2D eigenvalue weighted by Gasteiger charge is -2.04. The zero-order chi connectivity index (χ0) is 11.4. The van der Waals surface area contributed by atoms with Gasteiger partial charge in [0.05, 0.1) is 11.9 Å². The molecule has 0 aliphatic rings. The van der Waals surface area contributed by atoms with Crippen LogP contribution in [0.25, 0.3) is 11.3 Å². The third-order valence-electron chi connectivity index (χ3n) is 2.43. The Morgan fingerprint density at radius 2 is 2.19 bits per heavy atom. The molecule has 0 saturated heterocycles. The van der Waals surface area contributed by atoms with E-state index in [-0.39, 0.29) is 5.82 Å². The second-order valence-corrected chi connectivity index (χ2v) is 3.53. The molecule has 0 fully saturated rings. The van der Waals surface area contributed by atoms with Crippen LogP contribution in [0.3, 0.4) is 0 Å². The minimum Gasteiger partial charge on any atom is -0.313 e. The van der Waals surface area contributed by atoms with Crippen LogP contribution in [-0.4, -0.2) is 16.7 Å². The van der Waals surface area contributed by atoms with Gasteiger partial charge in [0.2, 0.25) is 0 Å². The Morgan fingerprint density at radius 1 is 1.38 bits per heavy atom. The van der Waals surface area contributed by atoms with Gasteiger partial charge in [0, 0.05) is 17.7 Å². The van der Waals surface area contributed by atoms with E-state index in [9.17, 15) is 4.39 Å². The number of aromatic amines is 1. The fourth-order valence-corrected chi connectivity index (χ4v) is 1.60. The summed E-state index contributed by atoms with van der Waals surface area (Å²) in [5.41, 5.74) is 2.29. The molecule has 2 aromatic rings. The quantitative estimate of drug-likeness (QED) is 0.828. The van der Waals surface area contributed by atoms with E-state index in [4.69, 9.17) is 0 Å². The molecule has 3 nitrogen and oxygen atoms in total. The van der Waals surface area contributed by atoms with Gasteiger partial charge in [-0.1, -0.05) is 19.1 Å². The molecule has 2 rings (SSSR count). The fraction of sp³-hybridized carbons (Fsp3) is 0.250. The van der Waals surface area contributed by atoms with Crippen LogP contribution in [0.4, 0.5) is 4.39 Å². The van der Waals surface area contributed by atoms with E-state index in [2.05, 4.69) is 15.5 Å². The van der Waals surface area contributed by atoms with Gasteiger partial charge in [-0.05, 0) is 18.7 Å². The number of nitrogens with zero attached hydrogens (tertiary/aromatic N) is 1. The van der Waals surface area contributed by atoms with E-state index in [1.165, 1.54) is 6.07 Å². The van der Waals surface area contributed by atoms with Crippen LogP contribution < -0.4 is 5.32 Å². The molecule has 2 N–H and O–H groups in total. The summed E-state index contributed by atoms with van der Waals surface area (Å²) in [6.45, 7) is 3.60. The molecule has 1 heterocycles. The standard InChI is InChI=1S/C12H14FN3/c1-2-14-7-9-8-15-16-12(9)10-5-3-4-6-11(10)13/h3-6,8,14H,2,7H2,1H3,(H,15,16). The monoisotopic (exact) mass is 219 g/mol. The number of hydrogen-bond donors (Lipinski definition) is 2. The summed E-state index contributed by atoms with van der Waals surface area (Å²) in [5, 5.41) is 10.0. The van der Waals surface area contributed by atoms with Crippen molar-refractivity contribution in [3.05, 3.63) is 41.8 Å². The maximum absolute atomic E-state index is 13.6. The molecule has 0 saturated carbocycles. The molecule has 84 valence electrons. The smallest absolute Gasteiger partial charge is 0.132 e. The van der Waals surface area contributed by atoms with Crippen molar-refractivity contribution >= 4 is 0 Å². The van der Waals surface area contributed by atoms with Crippen molar-refractivity contribution in [1.29, 1.82) is 0 Å². The first kappa shape index (κ1) is 10.8. The molecule has 0 spiro atoms. The van der Waals surface area contributed by atoms with Gasteiger partial charge in [-0.2, -0.15) is 5.10 Å². The zero-order valence-electron chi connectivity index (χ0n) is 9.13. The van der Waals surface area contributed by atoms with Crippen LogP contribution in [0, 0.1) is 5.82 Å². The average Bonchev–Trinajstić information content (AvgIpc) is 2.75. The van der Waals surface area contributed by atoms with E-state index < -0.39 is 0 Å². The molecule has 1 aromatic carbocycles. The predicted molar refractivity (Wildman–Crippen MR) is 61.4 cm³/mol. The van der Waals surface area contributed by atoms with Crippen molar-refractivity contribution in [3.8, 4) is 11.3 Å². The van der Waals surface area contributed by atoms with Crippen LogP contribution in [0.5, 0.6) is 0 Å². The molecule has 0 radical (unpaired) electrons. The molecule has 0 aliphatic carbocycles. The Morgan fingerprint density at radius 3 is 2.94 bits per heavy atom. The van der Waals surface area contributed by atoms with Crippen molar-refractivity contribution in [2.24, 2.45) is 0 Å². The lowest BCUT2D eigenvalue weighted by molar-refractivity contribution is 0.630. The highest BCUT2D eigenvalue weighted by atomic mass is 19.1. The van der Waals surface area contributed by atoms with Gasteiger partial charge in [-0.3, -0.25) is 5.10 Å². The summed E-state index contributed by atoms with van der Waals surface area (Å²) in [5.74, 6) is -0.232. The Hall–Kier alpha value is -1.68. The summed E-state index contributed by atoms with van der Waals surface area (Å²) in [6, 6.07) is 6.70. The van der Waals surface area contributed by atoms with Crippen LogP contribution in [0.1, 0.15) is 12.5 Å². The van der Waals surface area contributed by atoms with Crippen molar-refractivity contribution in [2.45, 2.75) is 13.5 Å². The minimum absolute atomic E-state index is 0.232. The summed E-state index contributed by atoms with van der Waals surface area (Å²) in [4.78, 5) is 0. The van der Waals surface area contributed by atoms with Gasteiger partial charge in [0.15, 0.2) is 0 Å². The number of H-pyrrole nitrogens is 1. The number of aromatic nitrogens is 2. The van der Waals surface area contributed by atoms with Gasteiger partial charge in [0.25, 0.3) is 0 Å². The fourth-order valence-electron chi connectivity index (χ4n) is 1.60. The molecule has 0 amide bonds. The Balaban J connectivity index is 2.33. The number of halogens is 1. The molecule has 0 aliphatic heterocycles. The summed E-state index contributed by atoms with van der Waals surface area (Å²) in [6.07, 6.45) is 1.73. The first-order valence-electron chi connectivity index (χ1n) is 5.30. The van der Waals surface area contributed by atoms with Gasteiger partial charge in [-0.15, -0.1) is 0 Å². The largest absolute Gasteiger partial charge is 0.313 e. The van der Waals surface area contributed by atoms with Crippen molar-refractivity contribution in [3.63, 3.8) is 0 Å². The predicted octanol–water partition coefficient (Wildman–Crippen LogP) is 2.33. The summed E-state index contributed by atoms with van der Waals surface area (Å²) in [7, 11) is 0. The molecule has 4 heteroatoms. The van der Waals surface area contributed by atoms with Crippen LogP contribution >= 0.6 is 0 Å². The van der Waals surface area contributed by atoms with E-state index in [1.54, 1.807) is 18.3 Å².